The minimum absolute atomic E-state index is 0.0673. The first-order chi connectivity index (χ1) is 16.7. The molecule has 4 rings (SSSR count). The number of nitrogens with one attached hydrogen (secondary N) is 2. The second kappa shape index (κ2) is 11.8. The summed E-state index contributed by atoms with van der Waals surface area (Å²) in [6.45, 7) is 5.78. The number of anilines is 2. The molecule has 8 nitrogen and oxygen atoms in total. The topological polar surface area (TPSA) is 94.0 Å². The molecule has 0 spiro atoms. The molecular weight excluding hydrogens is 428 g/mol. The van der Waals surface area contributed by atoms with E-state index in [1.165, 1.54) is 43.2 Å². The van der Waals surface area contributed by atoms with Gasteiger partial charge in [0.05, 0.1) is 12.9 Å². The van der Waals surface area contributed by atoms with Gasteiger partial charge in [0, 0.05) is 13.1 Å². The number of hydrogen-bond donors (Lipinski definition) is 2. The fraction of sp³-hybridized carbons (Fsp3) is 0.538. The average Bonchev–Trinajstić information content (AvgIpc) is 3.26. The van der Waals surface area contributed by atoms with Crippen LogP contribution in [0.25, 0.3) is 11.2 Å². The minimum Gasteiger partial charge on any atom is -0.465 e. The van der Waals surface area contributed by atoms with Gasteiger partial charge in [0.25, 0.3) is 0 Å². The van der Waals surface area contributed by atoms with E-state index in [0.717, 1.165) is 19.4 Å². The number of carbonyl (C=O) groups excluding carboxylic acids is 1. The lowest BCUT2D eigenvalue weighted by molar-refractivity contribution is -0.143. The Labute approximate surface area is 201 Å². The number of aromatic nitrogens is 4. The summed E-state index contributed by atoms with van der Waals surface area (Å²) in [5.74, 6) is 1.58. The van der Waals surface area contributed by atoms with Crippen LogP contribution in [0.2, 0.25) is 0 Å². The third-order valence-corrected chi connectivity index (χ3v) is 6.40. The second-order valence-corrected chi connectivity index (χ2v) is 8.96. The van der Waals surface area contributed by atoms with E-state index in [1.54, 1.807) is 17.8 Å². The second-order valence-electron chi connectivity index (χ2n) is 8.96. The highest BCUT2D eigenvalue weighted by atomic mass is 16.5. The molecule has 0 unspecified atom stereocenters. The number of imidazole rings is 1. The van der Waals surface area contributed by atoms with E-state index in [1.807, 2.05) is 0 Å². The van der Waals surface area contributed by atoms with Crippen LogP contribution in [0.15, 0.2) is 30.6 Å². The van der Waals surface area contributed by atoms with Gasteiger partial charge in [-0.2, -0.15) is 9.97 Å². The van der Waals surface area contributed by atoms with Crippen molar-refractivity contribution in [3.8, 4) is 0 Å². The number of carbonyl (C=O) groups is 1. The van der Waals surface area contributed by atoms with E-state index >= 15 is 0 Å². The monoisotopic (exact) mass is 464 g/mol. The van der Waals surface area contributed by atoms with Gasteiger partial charge in [-0.15, -0.1) is 0 Å². The maximum absolute atomic E-state index is 12.0. The maximum atomic E-state index is 12.0. The summed E-state index contributed by atoms with van der Waals surface area (Å²) >= 11 is 0. The SMILES string of the molecule is CCCCNc1nc(NCc2ccc(C3CCCCC3)cc2)nc2c1ncn2CC(=O)OCC. The zero-order chi connectivity index (χ0) is 23.8. The highest BCUT2D eigenvalue weighted by molar-refractivity contribution is 5.85. The fourth-order valence-corrected chi connectivity index (χ4v) is 4.52. The van der Waals surface area contributed by atoms with Crippen LogP contribution in [0.4, 0.5) is 11.8 Å². The van der Waals surface area contributed by atoms with Crippen molar-refractivity contribution in [1.29, 1.82) is 0 Å². The van der Waals surface area contributed by atoms with Crippen molar-refractivity contribution in [2.24, 2.45) is 0 Å². The first kappa shape index (κ1) is 24.0. The summed E-state index contributed by atoms with van der Waals surface area (Å²) in [5, 5.41) is 6.74. The van der Waals surface area contributed by atoms with Crippen LogP contribution in [-0.2, 0) is 22.6 Å². The van der Waals surface area contributed by atoms with E-state index in [0.29, 0.717) is 42.0 Å². The quantitative estimate of drug-likeness (QED) is 0.295. The normalized spacial score (nSPS) is 14.3. The molecule has 2 N–H and O–H groups in total. The highest BCUT2D eigenvalue weighted by Gasteiger charge is 2.17. The molecule has 0 bridgehead atoms. The zero-order valence-corrected chi connectivity index (χ0v) is 20.3. The molecule has 2 aromatic heterocycles. The molecular formula is C26H36N6O2. The lowest BCUT2D eigenvalue weighted by atomic mass is 9.84. The summed E-state index contributed by atoms with van der Waals surface area (Å²) in [6, 6.07) is 8.92. The predicted octanol–water partition coefficient (Wildman–Crippen LogP) is 5.26. The summed E-state index contributed by atoms with van der Waals surface area (Å²) in [7, 11) is 0. The molecule has 0 radical (unpaired) electrons. The van der Waals surface area contributed by atoms with Gasteiger partial charge in [0.2, 0.25) is 5.95 Å². The first-order valence-corrected chi connectivity index (χ1v) is 12.6. The van der Waals surface area contributed by atoms with E-state index in [2.05, 4.69) is 56.8 Å². The number of fused-ring (bicyclic) bond motifs is 1. The molecule has 0 saturated heterocycles. The summed E-state index contributed by atoms with van der Waals surface area (Å²) in [6.07, 6.45) is 10.4. The Balaban J connectivity index is 1.50. The first-order valence-electron chi connectivity index (χ1n) is 12.6. The van der Waals surface area contributed by atoms with Gasteiger partial charge in [-0.3, -0.25) is 4.79 Å². The molecule has 1 aliphatic carbocycles. The molecule has 182 valence electrons. The van der Waals surface area contributed by atoms with Gasteiger partial charge in [-0.1, -0.05) is 56.9 Å². The molecule has 0 atom stereocenters. The Kier molecular flexibility index (Phi) is 8.33. The van der Waals surface area contributed by atoms with Gasteiger partial charge >= 0.3 is 5.97 Å². The van der Waals surface area contributed by atoms with Crippen LogP contribution in [0.3, 0.4) is 0 Å². The van der Waals surface area contributed by atoms with Gasteiger partial charge in [-0.05, 0) is 43.2 Å². The molecule has 1 aliphatic rings. The van der Waals surface area contributed by atoms with Crippen molar-refractivity contribution in [2.45, 2.75) is 77.8 Å². The number of ether oxygens (including phenoxy) is 1. The number of unbranched alkanes of at least 4 members (excludes halogenated alkanes) is 1. The molecule has 0 amide bonds. The number of hydrogen-bond acceptors (Lipinski definition) is 7. The van der Waals surface area contributed by atoms with Crippen molar-refractivity contribution in [2.75, 3.05) is 23.8 Å². The van der Waals surface area contributed by atoms with E-state index < -0.39 is 0 Å². The third kappa shape index (κ3) is 6.04. The number of esters is 1. The van der Waals surface area contributed by atoms with Crippen molar-refractivity contribution in [1.82, 2.24) is 19.5 Å². The highest BCUT2D eigenvalue weighted by Crippen LogP contribution is 2.32. The van der Waals surface area contributed by atoms with Gasteiger partial charge < -0.3 is 19.9 Å². The van der Waals surface area contributed by atoms with Crippen LogP contribution < -0.4 is 10.6 Å². The van der Waals surface area contributed by atoms with Crippen molar-refractivity contribution < 1.29 is 9.53 Å². The zero-order valence-electron chi connectivity index (χ0n) is 20.3. The van der Waals surface area contributed by atoms with E-state index in [9.17, 15) is 4.79 Å². The molecule has 8 heteroatoms. The molecule has 0 aliphatic heterocycles. The summed E-state index contributed by atoms with van der Waals surface area (Å²) in [4.78, 5) is 25.9. The van der Waals surface area contributed by atoms with E-state index in [4.69, 9.17) is 4.74 Å². The van der Waals surface area contributed by atoms with Crippen LogP contribution >= 0.6 is 0 Å². The third-order valence-electron chi connectivity index (χ3n) is 6.40. The Morgan fingerprint density at radius 1 is 1.09 bits per heavy atom. The molecule has 34 heavy (non-hydrogen) atoms. The lowest BCUT2D eigenvalue weighted by Crippen LogP contribution is -2.14. The van der Waals surface area contributed by atoms with Crippen molar-refractivity contribution in [3.05, 3.63) is 41.7 Å². The largest absolute Gasteiger partial charge is 0.465 e. The fourth-order valence-electron chi connectivity index (χ4n) is 4.52. The van der Waals surface area contributed by atoms with Gasteiger partial charge in [-0.25, -0.2) is 4.98 Å². The molecule has 1 aromatic carbocycles. The van der Waals surface area contributed by atoms with Crippen LogP contribution in [0, 0.1) is 0 Å². The Morgan fingerprint density at radius 2 is 1.88 bits per heavy atom. The van der Waals surface area contributed by atoms with Gasteiger partial charge in [0.15, 0.2) is 17.0 Å². The molecule has 2 heterocycles. The molecule has 1 saturated carbocycles. The summed E-state index contributed by atoms with van der Waals surface area (Å²) < 4.78 is 6.81. The lowest BCUT2D eigenvalue weighted by Gasteiger charge is -2.22. The van der Waals surface area contributed by atoms with Crippen LogP contribution in [0.5, 0.6) is 0 Å². The standard InChI is InChI=1S/C26H36N6O2/c1-3-5-15-27-24-23-25(32(18-29-23)17-22(33)34-4-2)31-26(30-24)28-16-19-11-13-21(14-12-19)20-9-7-6-8-10-20/h11-14,18,20H,3-10,15-17H2,1-2H3,(H2,27,28,30,31). The van der Waals surface area contributed by atoms with Gasteiger partial charge in [0.1, 0.15) is 6.54 Å². The smallest absolute Gasteiger partial charge is 0.326 e. The van der Waals surface area contributed by atoms with Crippen LogP contribution in [0.1, 0.15) is 75.8 Å². The Morgan fingerprint density at radius 3 is 2.62 bits per heavy atom. The molecule has 3 aromatic rings. The molecule has 1 fully saturated rings. The Hall–Kier alpha value is -3.16. The summed E-state index contributed by atoms with van der Waals surface area (Å²) in [5.41, 5.74) is 3.90. The predicted molar refractivity (Wildman–Crippen MR) is 135 cm³/mol. The maximum Gasteiger partial charge on any atom is 0.326 e. The van der Waals surface area contributed by atoms with Crippen molar-refractivity contribution in [3.63, 3.8) is 0 Å². The van der Waals surface area contributed by atoms with Crippen molar-refractivity contribution >= 4 is 28.9 Å². The Bertz CT molecular complexity index is 1070. The average molecular weight is 465 g/mol. The number of rotatable bonds is 11. The minimum atomic E-state index is -0.312. The number of benzene rings is 1. The van der Waals surface area contributed by atoms with Crippen LogP contribution in [-0.4, -0.2) is 38.6 Å². The number of nitrogens with zero attached hydrogens (tertiary/aromatic N) is 4. The van der Waals surface area contributed by atoms with E-state index in [-0.39, 0.29) is 12.5 Å².